The fraction of sp³-hybridized carbons (Fsp3) is 0.600. The summed E-state index contributed by atoms with van der Waals surface area (Å²) in [5.41, 5.74) is 1.36. The molecule has 1 heterocycles. The van der Waals surface area contributed by atoms with Crippen molar-refractivity contribution in [1.82, 2.24) is 10.2 Å². The van der Waals surface area contributed by atoms with Crippen molar-refractivity contribution < 1.29 is 0 Å². The van der Waals surface area contributed by atoms with E-state index >= 15 is 0 Å². The van der Waals surface area contributed by atoms with E-state index in [4.69, 9.17) is 11.6 Å². The molecule has 0 spiro atoms. The van der Waals surface area contributed by atoms with Gasteiger partial charge in [-0.15, -0.1) is 24.8 Å². The van der Waals surface area contributed by atoms with Crippen molar-refractivity contribution in [2.75, 3.05) is 26.2 Å². The predicted octanol–water partition coefficient (Wildman–Crippen LogP) is 4.18. The lowest BCUT2D eigenvalue weighted by atomic mass is 9.90. The van der Waals surface area contributed by atoms with Gasteiger partial charge in [-0.1, -0.05) is 44.0 Å². The molecule has 1 aliphatic heterocycles. The lowest BCUT2D eigenvalue weighted by molar-refractivity contribution is 0.128. The Kier molecular flexibility index (Phi) is 9.86. The highest BCUT2D eigenvalue weighted by Gasteiger charge is 2.26. The maximum atomic E-state index is 6.14. The molecule has 1 unspecified atom stereocenters. The number of nitrogens with zero attached hydrogens (tertiary/aromatic N) is 1. The van der Waals surface area contributed by atoms with Gasteiger partial charge < -0.3 is 5.32 Å². The highest BCUT2D eigenvalue weighted by atomic mass is 35.5. The molecule has 0 bridgehead atoms. The van der Waals surface area contributed by atoms with Crippen molar-refractivity contribution in [3.05, 3.63) is 34.9 Å². The maximum absolute atomic E-state index is 6.14. The molecule has 2 atom stereocenters. The van der Waals surface area contributed by atoms with Crippen LogP contribution in [0, 0.1) is 5.92 Å². The van der Waals surface area contributed by atoms with E-state index in [-0.39, 0.29) is 24.8 Å². The Morgan fingerprint density at radius 1 is 1.25 bits per heavy atom. The van der Waals surface area contributed by atoms with E-state index in [9.17, 15) is 0 Å². The first-order valence-electron chi connectivity index (χ1n) is 6.92. The van der Waals surface area contributed by atoms with E-state index in [1.54, 1.807) is 0 Å². The van der Waals surface area contributed by atoms with Gasteiger partial charge in [0.15, 0.2) is 0 Å². The van der Waals surface area contributed by atoms with Gasteiger partial charge in [0, 0.05) is 37.2 Å². The summed E-state index contributed by atoms with van der Waals surface area (Å²) in [5.74, 6) is 0.654. The molecular weight excluding hydrogens is 315 g/mol. The van der Waals surface area contributed by atoms with Crippen LogP contribution < -0.4 is 5.32 Å². The second-order valence-electron chi connectivity index (χ2n) is 5.17. The third kappa shape index (κ3) is 5.09. The normalized spacial score (nSPS) is 18.6. The molecule has 1 aromatic rings. The Balaban J connectivity index is 0.00000180. The van der Waals surface area contributed by atoms with Crippen molar-refractivity contribution in [2.45, 2.75) is 26.3 Å². The SMILES string of the molecule is CCC(C)[C@@H](c1cccc(Cl)c1)N1CCNCC1.Cl.Cl. The number of benzene rings is 1. The maximum Gasteiger partial charge on any atom is 0.0409 e. The minimum Gasteiger partial charge on any atom is -0.314 e. The smallest absolute Gasteiger partial charge is 0.0409 e. The summed E-state index contributed by atoms with van der Waals surface area (Å²) in [4.78, 5) is 2.59. The van der Waals surface area contributed by atoms with E-state index in [0.717, 1.165) is 31.2 Å². The van der Waals surface area contributed by atoms with Crippen LogP contribution in [0.3, 0.4) is 0 Å². The number of hydrogen-bond acceptors (Lipinski definition) is 2. The highest BCUT2D eigenvalue weighted by Crippen LogP contribution is 2.32. The predicted molar refractivity (Wildman–Crippen MR) is 92.6 cm³/mol. The number of halogens is 3. The molecule has 1 N–H and O–H groups in total. The molecule has 1 aromatic carbocycles. The largest absolute Gasteiger partial charge is 0.314 e. The zero-order valence-corrected chi connectivity index (χ0v) is 14.5. The molecule has 0 saturated carbocycles. The highest BCUT2D eigenvalue weighted by molar-refractivity contribution is 6.30. The number of piperazine rings is 1. The van der Waals surface area contributed by atoms with E-state index < -0.39 is 0 Å². The van der Waals surface area contributed by atoms with Crippen LogP contribution in [0.2, 0.25) is 5.02 Å². The van der Waals surface area contributed by atoms with Gasteiger partial charge in [-0.3, -0.25) is 4.90 Å². The zero-order valence-electron chi connectivity index (χ0n) is 12.1. The minimum absolute atomic E-state index is 0. The Bertz CT molecular complexity index is 381. The van der Waals surface area contributed by atoms with Crippen LogP contribution in [0.5, 0.6) is 0 Å². The number of nitrogens with one attached hydrogen (secondary N) is 1. The van der Waals surface area contributed by atoms with Gasteiger partial charge in [-0.2, -0.15) is 0 Å². The quantitative estimate of drug-likeness (QED) is 0.885. The first kappa shape index (κ1) is 20.0. The third-order valence-corrected chi connectivity index (χ3v) is 4.15. The Hall–Kier alpha value is 0.01000. The van der Waals surface area contributed by atoms with E-state index in [1.165, 1.54) is 12.0 Å². The summed E-state index contributed by atoms with van der Waals surface area (Å²) in [6, 6.07) is 8.85. The Morgan fingerprint density at radius 3 is 2.45 bits per heavy atom. The second-order valence-corrected chi connectivity index (χ2v) is 5.61. The molecule has 1 saturated heterocycles. The average molecular weight is 340 g/mol. The Morgan fingerprint density at radius 2 is 1.90 bits per heavy atom. The monoisotopic (exact) mass is 338 g/mol. The van der Waals surface area contributed by atoms with Gasteiger partial charge in [0.1, 0.15) is 0 Å². The third-order valence-electron chi connectivity index (χ3n) is 3.92. The van der Waals surface area contributed by atoms with E-state index in [0.29, 0.717) is 12.0 Å². The summed E-state index contributed by atoms with van der Waals surface area (Å²) >= 11 is 6.14. The summed E-state index contributed by atoms with van der Waals surface area (Å²) in [5, 5.41) is 4.27. The van der Waals surface area contributed by atoms with E-state index in [1.807, 2.05) is 6.07 Å². The van der Waals surface area contributed by atoms with Crippen LogP contribution in [0.15, 0.2) is 24.3 Å². The molecule has 5 heteroatoms. The molecule has 20 heavy (non-hydrogen) atoms. The fourth-order valence-corrected chi connectivity index (χ4v) is 2.97. The lowest BCUT2D eigenvalue weighted by Crippen LogP contribution is -2.46. The van der Waals surface area contributed by atoms with Crippen LogP contribution in [-0.4, -0.2) is 31.1 Å². The first-order chi connectivity index (χ1) is 8.72. The molecule has 2 rings (SSSR count). The van der Waals surface area contributed by atoms with Crippen LogP contribution in [-0.2, 0) is 0 Å². The fourth-order valence-electron chi connectivity index (χ4n) is 2.77. The van der Waals surface area contributed by atoms with Crippen LogP contribution in [0.4, 0.5) is 0 Å². The molecule has 1 fully saturated rings. The summed E-state index contributed by atoms with van der Waals surface area (Å²) < 4.78 is 0. The minimum atomic E-state index is 0. The number of hydrogen-bond donors (Lipinski definition) is 1. The standard InChI is InChI=1S/C15H23ClN2.2ClH/c1-3-12(2)15(18-9-7-17-8-10-18)13-5-4-6-14(16)11-13;;/h4-6,11-12,15,17H,3,7-10H2,1-2H3;2*1H/t12?,15-;;/m0../s1. The van der Waals surface area contributed by atoms with Crippen molar-refractivity contribution in [1.29, 1.82) is 0 Å². The van der Waals surface area contributed by atoms with Crippen molar-refractivity contribution in [3.63, 3.8) is 0 Å². The first-order valence-corrected chi connectivity index (χ1v) is 7.30. The molecule has 116 valence electrons. The second kappa shape index (κ2) is 9.86. The van der Waals surface area contributed by atoms with Gasteiger partial charge in [0.05, 0.1) is 0 Å². The van der Waals surface area contributed by atoms with Crippen molar-refractivity contribution in [3.8, 4) is 0 Å². The molecule has 2 nitrogen and oxygen atoms in total. The average Bonchev–Trinajstić information content (AvgIpc) is 2.40. The van der Waals surface area contributed by atoms with Gasteiger partial charge in [-0.05, 0) is 23.6 Å². The van der Waals surface area contributed by atoms with Crippen molar-refractivity contribution in [2.24, 2.45) is 5.92 Å². The van der Waals surface area contributed by atoms with Gasteiger partial charge in [-0.25, -0.2) is 0 Å². The Labute approximate surface area is 140 Å². The molecule has 0 amide bonds. The van der Waals surface area contributed by atoms with E-state index in [2.05, 4.69) is 42.3 Å². The summed E-state index contributed by atoms with van der Waals surface area (Å²) in [7, 11) is 0. The molecule has 0 radical (unpaired) electrons. The summed E-state index contributed by atoms with van der Waals surface area (Å²) in [6.07, 6.45) is 1.20. The molecule has 1 aliphatic rings. The topological polar surface area (TPSA) is 15.3 Å². The van der Waals surface area contributed by atoms with Crippen LogP contribution in [0.1, 0.15) is 31.9 Å². The summed E-state index contributed by atoms with van der Waals surface area (Å²) in [6.45, 7) is 9.04. The molecule has 0 aromatic heterocycles. The van der Waals surface area contributed by atoms with Crippen LogP contribution in [0.25, 0.3) is 0 Å². The van der Waals surface area contributed by atoms with Crippen molar-refractivity contribution >= 4 is 36.4 Å². The van der Waals surface area contributed by atoms with Gasteiger partial charge in [0.25, 0.3) is 0 Å². The zero-order chi connectivity index (χ0) is 13.0. The number of rotatable bonds is 4. The molecule has 0 aliphatic carbocycles. The van der Waals surface area contributed by atoms with Gasteiger partial charge >= 0.3 is 0 Å². The van der Waals surface area contributed by atoms with Crippen LogP contribution >= 0.6 is 36.4 Å². The van der Waals surface area contributed by atoms with Gasteiger partial charge in [0.2, 0.25) is 0 Å². The lowest BCUT2D eigenvalue weighted by Gasteiger charge is -2.38. The molecular formula is C15H25Cl3N2.